The van der Waals surface area contributed by atoms with Gasteiger partial charge in [0, 0.05) is 18.6 Å². The van der Waals surface area contributed by atoms with E-state index in [0.29, 0.717) is 11.6 Å². The molecular formula is C11H9N5O. The molecule has 3 aromatic rings. The van der Waals surface area contributed by atoms with Crippen molar-refractivity contribution < 1.29 is 4.52 Å². The van der Waals surface area contributed by atoms with Crippen molar-refractivity contribution in [2.24, 2.45) is 0 Å². The van der Waals surface area contributed by atoms with Gasteiger partial charge in [-0.15, -0.1) is 0 Å². The predicted molar refractivity (Wildman–Crippen MR) is 61.7 cm³/mol. The SMILES string of the molecule is Nc1noc(-c2cn[nH]c2)c1-c1ccncc1. The summed E-state index contributed by atoms with van der Waals surface area (Å²) in [5.41, 5.74) is 8.30. The number of nitrogens with zero attached hydrogens (tertiary/aromatic N) is 3. The van der Waals surface area contributed by atoms with Gasteiger partial charge in [0.05, 0.1) is 17.3 Å². The van der Waals surface area contributed by atoms with E-state index in [1.165, 1.54) is 0 Å². The van der Waals surface area contributed by atoms with Gasteiger partial charge in [0.15, 0.2) is 11.6 Å². The Morgan fingerprint density at radius 1 is 1.18 bits per heavy atom. The standard InChI is InChI=1S/C11H9N5O/c12-11-9(7-1-3-13-4-2-7)10(17-16-11)8-5-14-15-6-8/h1-6H,(H2,12,16)(H,14,15). The Kier molecular flexibility index (Phi) is 2.11. The van der Waals surface area contributed by atoms with Gasteiger partial charge in [-0.05, 0) is 17.7 Å². The molecule has 0 atom stereocenters. The molecule has 3 rings (SSSR count). The molecule has 0 bridgehead atoms. The van der Waals surface area contributed by atoms with Gasteiger partial charge in [-0.3, -0.25) is 10.1 Å². The number of hydrogen-bond donors (Lipinski definition) is 2. The Labute approximate surface area is 96.5 Å². The number of pyridine rings is 1. The minimum Gasteiger partial charge on any atom is -0.380 e. The van der Waals surface area contributed by atoms with Crippen molar-refractivity contribution >= 4 is 5.82 Å². The highest BCUT2D eigenvalue weighted by Crippen LogP contribution is 2.35. The summed E-state index contributed by atoms with van der Waals surface area (Å²) in [5, 5.41) is 10.4. The topological polar surface area (TPSA) is 93.6 Å². The number of aromatic amines is 1. The largest absolute Gasteiger partial charge is 0.380 e. The molecule has 0 saturated carbocycles. The molecule has 84 valence electrons. The normalized spacial score (nSPS) is 10.6. The number of aromatic nitrogens is 4. The van der Waals surface area contributed by atoms with E-state index in [-0.39, 0.29) is 0 Å². The molecule has 0 aromatic carbocycles. The lowest BCUT2D eigenvalue weighted by molar-refractivity contribution is 0.436. The molecule has 6 heteroatoms. The molecule has 0 fully saturated rings. The highest BCUT2D eigenvalue weighted by molar-refractivity contribution is 5.85. The van der Waals surface area contributed by atoms with E-state index >= 15 is 0 Å². The van der Waals surface area contributed by atoms with Gasteiger partial charge >= 0.3 is 0 Å². The summed E-state index contributed by atoms with van der Waals surface area (Å²) in [6.45, 7) is 0. The molecule has 0 unspecified atom stereocenters. The van der Waals surface area contributed by atoms with Crippen LogP contribution >= 0.6 is 0 Å². The Morgan fingerprint density at radius 3 is 2.71 bits per heavy atom. The van der Waals surface area contributed by atoms with Gasteiger partial charge in [0.2, 0.25) is 0 Å². The van der Waals surface area contributed by atoms with Crippen molar-refractivity contribution in [1.29, 1.82) is 0 Å². The molecule has 3 N–H and O–H groups in total. The van der Waals surface area contributed by atoms with Gasteiger partial charge in [0.1, 0.15) is 0 Å². The first-order valence-electron chi connectivity index (χ1n) is 5.01. The van der Waals surface area contributed by atoms with Crippen molar-refractivity contribution in [3.63, 3.8) is 0 Å². The average Bonchev–Trinajstić information content (AvgIpc) is 2.98. The third-order valence-corrected chi connectivity index (χ3v) is 2.45. The van der Waals surface area contributed by atoms with E-state index < -0.39 is 0 Å². The zero-order chi connectivity index (χ0) is 11.7. The summed E-state index contributed by atoms with van der Waals surface area (Å²) in [6.07, 6.45) is 6.77. The lowest BCUT2D eigenvalue weighted by atomic mass is 10.0. The molecular weight excluding hydrogens is 218 g/mol. The number of nitrogens with two attached hydrogens (primary N) is 1. The summed E-state index contributed by atoms with van der Waals surface area (Å²) < 4.78 is 5.24. The number of rotatable bonds is 2. The molecule has 6 nitrogen and oxygen atoms in total. The highest BCUT2D eigenvalue weighted by Gasteiger charge is 2.17. The Morgan fingerprint density at radius 2 is 2.00 bits per heavy atom. The van der Waals surface area contributed by atoms with Crippen molar-refractivity contribution in [2.45, 2.75) is 0 Å². The van der Waals surface area contributed by atoms with Gasteiger partial charge in [-0.2, -0.15) is 5.10 Å². The van der Waals surface area contributed by atoms with Crippen molar-refractivity contribution in [3.8, 4) is 22.5 Å². The van der Waals surface area contributed by atoms with Crippen molar-refractivity contribution in [1.82, 2.24) is 20.3 Å². The lowest BCUT2D eigenvalue weighted by Crippen LogP contribution is -1.88. The summed E-state index contributed by atoms with van der Waals surface area (Å²) in [6, 6.07) is 3.71. The van der Waals surface area contributed by atoms with Crippen LogP contribution in [-0.4, -0.2) is 20.3 Å². The minimum absolute atomic E-state index is 0.354. The zero-order valence-corrected chi connectivity index (χ0v) is 8.79. The van der Waals surface area contributed by atoms with Crippen LogP contribution in [0.1, 0.15) is 0 Å². The fourth-order valence-corrected chi connectivity index (χ4v) is 1.67. The van der Waals surface area contributed by atoms with Gasteiger partial charge < -0.3 is 10.3 Å². The third kappa shape index (κ3) is 1.55. The van der Waals surface area contributed by atoms with E-state index in [4.69, 9.17) is 10.3 Å². The summed E-state index contributed by atoms with van der Waals surface area (Å²) >= 11 is 0. The summed E-state index contributed by atoms with van der Waals surface area (Å²) in [7, 11) is 0. The van der Waals surface area contributed by atoms with Crippen LogP contribution in [0.3, 0.4) is 0 Å². The Balaban J connectivity index is 2.20. The second-order valence-electron chi connectivity index (χ2n) is 3.49. The maximum Gasteiger partial charge on any atom is 0.180 e. The molecule has 17 heavy (non-hydrogen) atoms. The first kappa shape index (κ1) is 9.59. The van der Waals surface area contributed by atoms with Crippen molar-refractivity contribution in [3.05, 3.63) is 36.9 Å². The van der Waals surface area contributed by atoms with E-state index in [2.05, 4.69) is 20.3 Å². The van der Waals surface area contributed by atoms with E-state index in [1.807, 2.05) is 12.1 Å². The second-order valence-corrected chi connectivity index (χ2v) is 3.49. The van der Waals surface area contributed by atoms with E-state index in [9.17, 15) is 0 Å². The van der Waals surface area contributed by atoms with E-state index in [1.54, 1.807) is 24.8 Å². The van der Waals surface area contributed by atoms with Crippen LogP contribution in [0.4, 0.5) is 5.82 Å². The number of hydrogen-bond acceptors (Lipinski definition) is 5. The van der Waals surface area contributed by atoms with Crippen LogP contribution < -0.4 is 5.73 Å². The van der Waals surface area contributed by atoms with Crippen LogP contribution in [0.2, 0.25) is 0 Å². The smallest absolute Gasteiger partial charge is 0.180 e. The van der Waals surface area contributed by atoms with Crippen molar-refractivity contribution in [2.75, 3.05) is 5.73 Å². The second kappa shape index (κ2) is 3.75. The first-order valence-corrected chi connectivity index (χ1v) is 5.01. The maximum absolute atomic E-state index is 5.82. The van der Waals surface area contributed by atoms with Crippen LogP contribution in [0, 0.1) is 0 Å². The molecule has 0 radical (unpaired) electrons. The molecule has 0 aliphatic carbocycles. The molecule has 0 aliphatic rings. The lowest BCUT2D eigenvalue weighted by Gasteiger charge is -1.99. The fraction of sp³-hybridized carbons (Fsp3) is 0. The summed E-state index contributed by atoms with van der Waals surface area (Å²) in [4.78, 5) is 3.97. The zero-order valence-electron chi connectivity index (χ0n) is 8.79. The number of nitrogens with one attached hydrogen (secondary N) is 1. The monoisotopic (exact) mass is 227 g/mol. The van der Waals surface area contributed by atoms with Gasteiger partial charge in [-0.25, -0.2) is 0 Å². The third-order valence-electron chi connectivity index (χ3n) is 2.45. The van der Waals surface area contributed by atoms with Crippen LogP contribution in [0.15, 0.2) is 41.4 Å². The van der Waals surface area contributed by atoms with Gasteiger partial charge in [0.25, 0.3) is 0 Å². The predicted octanol–water partition coefficient (Wildman–Crippen LogP) is 1.71. The molecule has 0 amide bonds. The quantitative estimate of drug-likeness (QED) is 0.695. The highest BCUT2D eigenvalue weighted by atomic mass is 16.5. The molecule has 0 spiro atoms. The number of nitrogen functional groups attached to an aromatic ring is 1. The maximum atomic E-state index is 5.82. The Bertz CT molecular complexity index is 615. The first-order chi connectivity index (χ1) is 8.36. The van der Waals surface area contributed by atoms with Crippen LogP contribution in [-0.2, 0) is 0 Å². The Hall–Kier alpha value is -2.63. The minimum atomic E-state index is 0.354. The van der Waals surface area contributed by atoms with Crippen LogP contribution in [0.5, 0.6) is 0 Å². The molecule has 3 aromatic heterocycles. The molecule has 0 aliphatic heterocycles. The number of anilines is 1. The average molecular weight is 227 g/mol. The van der Waals surface area contributed by atoms with Gasteiger partial charge in [-0.1, -0.05) is 5.16 Å². The van der Waals surface area contributed by atoms with Crippen LogP contribution in [0.25, 0.3) is 22.5 Å². The number of H-pyrrole nitrogens is 1. The summed E-state index contributed by atoms with van der Waals surface area (Å²) in [5.74, 6) is 0.954. The molecule has 0 saturated heterocycles. The molecule has 3 heterocycles. The fourth-order valence-electron chi connectivity index (χ4n) is 1.67. The van der Waals surface area contributed by atoms with E-state index in [0.717, 1.165) is 16.7 Å².